The summed E-state index contributed by atoms with van der Waals surface area (Å²) in [5.74, 6) is -6.68. The number of nitrogens with zero attached hydrogens (tertiary/aromatic N) is 3. The zero-order valence-corrected chi connectivity index (χ0v) is 41.4. The number of nitrogens with one attached hydrogen (secondary N) is 4. The van der Waals surface area contributed by atoms with Gasteiger partial charge in [0.25, 0.3) is 16.1 Å². The zero-order chi connectivity index (χ0) is 53.4. The van der Waals surface area contributed by atoms with Crippen LogP contribution in [0, 0.1) is 6.92 Å². The van der Waals surface area contributed by atoms with E-state index >= 15 is 0 Å². The van der Waals surface area contributed by atoms with E-state index in [1.807, 2.05) is 29.0 Å². The summed E-state index contributed by atoms with van der Waals surface area (Å²) < 4.78 is 38.3. The van der Waals surface area contributed by atoms with E-state index in [-0.39, 0.29) is 82.6 Å². The zero-order valence-electron chi connectivity index (χ0n) is 40.6. The second kappa shape index (κ2) is 23.5. The quantitative estimate of drug-likeness (QED) is 0.0548. The Morgan fingerprint density at radius 1 is 0.931 bits per heavy atom. The van der Waals surface area contributed by atoms with Crippen LogP contribution < -0.4 is 52.5 Å². The number of benzene rings is 3. The monoisotopic (exact) mass is 1020 g/mol. The third-order valence-corrected chi connectivity index (χ3v) is 12.8. The lowest BCUT2D eigenvalue weighted by Gasteiger charge is -2.33. The summed E-state index contributed by atoms with van der Waals surface area (Å²) in [5, 5.41) is 55.4. The third-order valence-electron chi connectivity index (χ3n) is 12.2. The van der Waals surface area contributed by atoms with Gasteiger partial charge in [0.15, 0.2) is 17.3 Å². The highest BCUT2D eigenvalue weighted by molar-refractivity contribution is 7.87. The van der Waals surface area contributed by atoms with Crippen molar-refractivity contribution in [3.63, 3.8) is 0 Å². The molecule has 24 nitrogen and oxygen atoms in total. The molecule has 0 saturated carbocycles. The van der Waals surface area contributed by atoms with Crippen LogP contribution in [-0.2, 0) is 41.2 Å². The lowest BCUT2D eigenvalue weighted by Crippen LogP contribution is -2.57. The predicted molar refractivity (Wildman–Crippen MR) is 263 cm³/mol. The number of nitrogen functional groups attached to an aromatic ring is 1. The summed E-state index contributed by atoms with van der Waals surface area (Å²) in [6.07, 6.45) is -1.83. The number of aliphatic hydroxyl groups is 2. The molecule has 4 bridgehead atoms. The minimum absolute atomic E-state index is 0.00560. The molecule has 3 aromatic carbocycles. The first-order chi connectivity index (χ1) is 33.8. The van der Waals surface area contributed by atoms with Gasteiger partial charge in [-0.05, 0) is 66.6 Å². The van der Waals surface area contributed by atoms with Crippen molar-refractivity contribution in [2.24, 2.45) is 16.6 Å². The molecule has 0 saturated heterocycles. The van der Waals surface area contributed by atoms with Crippen LogP contribution in [0.3, 0.4) is 0 Å². The van der Waals surface area contributed by atoms with Gasteiger partial charge in [-0.15, -0.1) is 0 Å². The smallest absolute Gasteiger partial charge is 0.326 e. The molecule has 72 heavy (non-hydrogen) atoms. The number of hydrogen-bond donors (Lipinski definition) is 12. The van der Waals surface area contributed by atoms with Crippen LogP contribution in [-0.4, -0.2) is 144 Å². The summed E-state index contributed by atoms with van der Waals surface area (Å²) in [6.45, 7) is 6.83. The van der Waals surface area contributed by atoms with E-state index in [0.717, 1.165) is 30.0 Å². The first-order valence-electron chi connectivity index (χ1n) is 22.7. The van der Waals surface area contributed by atoms with Gasteiger partial charge in [0, 0.05) is 49.8 Å². The first-order valence-corrected chi connectivity index (χ1v) is 24.3. The highest BCUT2D eigenvalue weighted by Crippen LogP contribution is 2.45. The Morgan fingerprint density at radius 3 is 2.12 bits per heavy atom. The summed E-state index contributed by atoms with van der Waals surface area (Å²) in [5.41, 5.74) is 19.1. The molecule has 0 radical (unpaired) electrons. The molecule has 0 unspecified atom stereocenters. The van der Waals surface area contributed by atoms with Crippen molar-refractivity contribution in [3.8, 4) is 39.8 Å². The van der Waals surface area contributed by atoms with Crippen molar-refractivity contribution >= 4 is 45.6 Å². The molecule has 4 amide bonds. The van der Waals surface area contributed by atoms with Crippen molar-refractivity contribution in [2.75, 3.05) is 45.6 Å². The number of carboxylic acid groups (broad SMARTS) is 1. The van der Waals surface area contributed by atoms with Crippen LogP contribution >= 0.6 is 0 Å². The fraction of sp³-hybridized carbons (Fsp3) is 0.426. The molecular weight excluding hydrogens is 959 g/mol. The molecule has 390 valence electrons. The van der Waals surface area contributed by atoms with Crippen LogP contribution in [0.2, 0.25) is 0 Å². The van der Waals surface area contributed by atoms with E-state index in [0.29, 0.717) is 11.1 Å². The minimum Gasteiger partial charge on any atom is -0.504 e. The van der Waals surface area contributed by atoms with Crippen molar-refractivity contribution < 1.29 is 62.3 Å². The number of carbonyl (C=O) groups excluding carboxylic acids is 4. The number of aryl methyl sites for hydroxylation is 1. The minimum atomic E-state index is -4.55. The Balaban J connectivity index is 1.66. The van der Waals surface area contributed by atoms with Crippen LogP contribution in [0.5, 0.6) is 17.2 Å². The lowest BCUT2D eigenvalue weighted by atomic mass is 9.82. The fourth-order valence-corrected chi connectivity index (χ4v) is 7.97. The number of rotatable bonds is 19. The van der Waals surface area contributed by atoms with Crippen LogP contribution in [0.1, 0.15) is 72.9 Å². The number of anilines is 1. The molecule has 0 spiro atoms. The van der Waals surface area contributed by atoms with Gasteiger partial charge >= 0.3 is 5.97 Å². The predicted octanol–water partition coefficient (Wildman–Crippen LogP) is -0.787. The molecule has 2 heterocycles. The number of phenolic OH excluding ortho intramolecular Hbond substituents is 1. The average Bonchev–Trinajstić information content (AvgIpc) is 3.33. The molecule has 1 aliphatic heterocycles. The SMILES string of the molecule is CCC(C)(C)c1ccc(-c2nc(C)c(C(=O)N[C@@H](CNS(N)(=O)=O)C(=O)N(C)[C@@H]3C(=O)N[C@@H](C)C(=O)N[C@H](C(=O)O)Cc4ccc(OC[C@H](O)CN)c(c4)-c4cc3cc(OC[C@H](O)CN)c4O)c(N)n2)cc1. The van der Waals surface area contributed by atoms with Crippen molar-refractivity contribution in [3.05, 3.63) is 82.5 Å². The van der Waals surface area contributed by atoms with E-state index < -0.39 is 95.1 Å². The Bertz CT molecular complexity index is 2760. The van der Waals surface area contributed by atoms with E-state index in [9.17, 15) is 52.8 Å². The lowest BCUT2D eigenvalue weighted by molar-refractivity contribution is -0.143. The molecule has 1 aromatic heterocycles. The van der Waals surface area contributed by atoms with Crippen LogP contribution in [0.25, 0.3) is 22.5 Å². The third kappa shape index (κ3) is 13.7. The van der Waals surface area contributed by atoms with Crippen LogP contribution in [0.4, 0.5) is 5.82 Å². The number of ether oxygens (including phenoxy) is 2. The summed E-state index contributed by atoms with van der Waals surface area (Å²) in [6, 6.07) is 7.52. The molecule has 16 N–H and O–H groups in total. The first kappa shape index (κ1) is 55.9. The largest absolute Gasteiger partial charge is 0.504 e. The van der Waals surface area contributed by atoms with E-state index in [4.69, 9.17) is 31.8 Å². The van der Waals surface area contributed by atoms with Gasteiger partial charge in [0.1, 0.15) is 66.7 Å². The number of aromatic hydroxyl groups is 1. The van der Waals surface area contributed by atoms with Crippen LogP contribution in [0.15, 0.2) is 54.6 Å². The van der Waals surface area contributed by atoms with Gasteiger partial charge in [-0.25, -0.2) is 19.9 Å². The standard InChI is InChI=1S/C47H63N11O13S/c1-7-47(4,5)28-11-9-26(10-12-28)41-53-23(2)37(40(50)57-41)43(63)56-34(20-52-72(51,68)69)45(65)58(6)38-27-16-32(39(61)36(17-27)71-22-30(60)19-49)31-14-25(8-13-35(31)70-21-29(59)18-48)15-33(46(66)67)55-42(62)24(3)54-44(38)64/h8-14,16-17,24,29-30,33-34,38,52,59-61H,7,15,18-22,48-49H2,1-6H3,(H,54,64)(H,55,62)(H,56,63)(H,66,67)(H2,50,53,57)(H2,51,68,69)/t24-,29+,30+,33-,34-,38-/m0/s1. The summed E-state index contributed by atoms with van der Waals surface area (Å²) in [4.78, 5) is 79.5. The topological polar surface area (TPSA) is 400 Å². The second-order valence-electron chi connectivity index (χ2n) is 18.0. The maximum Gasteiger partial charge on any atom is 0.326 e. The second-order valence-corrected chi connectivity index (χ2v) is 19.3. The van der Waals surface area contributed by atoms with Crippen molar-refractivity contribution in [1.82, 2.24) is 35.5 Å². The molecule has 5 rings (SSSR count). The number of amides is 4. The number of carboxylic acids is 1. The molecular formula is C47H63N11O13S. The highest BCUT2D eigenvalue weighted by atomic mass is 32.2. The maximum atomic E-state index is 14.9. The molecule has 1 aliphatic rings. The Morgan fingerprint density at radius 2 is 1.56 bits per heavy atom. The molecule has 6 atom stereocenters. The summed E-state index contributed by atoms with van der Waals surface area (Å²) in [7, 11) is -3.42. The van der Waals surface area contributed by atoms with Gasteiger partial charge < -0.3 is 68.0 Å². The number of fused-ring (bicyclic) bond motifs is 5. The fourth-order valence-electron chi connectivity index (χ4n) is 7.57. The molecule has 25 heteroatoms. The van der Waals surface area contributed by atoms with Gasteiger partial charge in [0.05, 0.1) is 5.69 Å². The highest BCUT2D eigenvalue weighted by Gasteiger charge is 2.38. The van der Waals surface area contributed by atoms with Gasteiger partial charge in [-0.1, -0.05) is 51.1 Å². The number of nitrogens with two attached hydrogens (primary N) is 4. The number of likely N-dealkylation sites (N-methyl/N-ethyl adjacent to an activating group) is 1. The van der Waals surface area contributed by atoms with E-state index in [1.54, 1.807) is 0 Å². The summed E-state index contributed by atoms with van der Waals surface area (Å²) >= 11 is 0. The van der Waals surface area contributed by atoms with Crippen molar-refractivity contribution in [2.45, 2.75) is 89.3 Å². The molecule has 0 fully saturated rings. The number of aromatic nitrogens is 2. The number of phenols is 1. The number of carbonyl (C=O) groups is 5. The van der Waals surface area contributed by atoms with Crippen molar-refractivity contribution in [1.29, 1.82) is 0 Å². The Labute approximate surface area is 416 Å². The number of aliphatic carboxylic acids is 1. The van der Waals surface area contributed by atoms with Gasteiger partial charge in [-0.3, -0.25) is 19.2 Å². The van der Waals surface area contributed by atoms with Gasteiger partial charge in [0.2, 0.25) is 17.7 Å². The number of hydrogen-bond acceptors (Lipinski definition) is 17. The normalized spacial score (nSPS) is 17.6. The maximum absolute atomic E-state index is 14.9. The molecule has 0 aliphatic carbocycles. The Hall–Kier alpha value is -7.00. The Kier molecular flexibility index (Phi) is 18.2. The van der Waals surface area contributed by atoms with E-state index in [1.165, 1.54) is 38.1 Å². The average molecular weight is 1020 g/mol. The number of aliphatic hydroxyl groups excluding tert-OH is 2. The van der Waals surface area contributed by atoms with Gasteiger partial charge in [-0.2, -0.15) is 13.1 Å². The molecule has 4 aromatic rings. The van der Waals surface area contributed by atoms with E-state index in [2.05, 4.69) is 46.7 Å².